The van der Waals surface area contributed by atoms with E-state index < -0.39 is 0 Å². The molecule has 3 aromatic rings. The van der Waals surface area contributed by atoms with Gasteiger partial charge in [0.1, 0.15) is 17.4 Å². The highest BCUT2D eigenvalue weighted by atomic mass is 16.3. The Bertz CT molecular complexity index is 1060. The molecule has 0 amide bonds. The van der Waals surface area contributed by atoms with E-state index in [0.717, 1.165) is 30.5 Å². The predicted molar refractivity (Wildman–Crippen MR) is 111 cm³/mol. The van der Waals surface area contributed by atoms with Crippen molar-refractivity contribution in [1.29, 1.82) is 5.26 Å². The molecule has 1 aliphatic rings. The molecule has 1 aliphatic heterocycles. The van der Waals surface area contributed by atoms with Gasteiger partial charge in [0.15, 0.2) is 5.82 Å². The highest BCUT2D eigenvalue weighted by molar-refractivity contribution is 5.83. The Hall–Kier alpha value is -3.36. The Morgan fingerprint density at radius 3 is 2.61 bits per heavy atom. The van der Waals surface area contributed by atoms with Gasteiger partial charge in [-0.2, -0.15) is 5.26 Å². The lowest BCUT2D eigenvalue weighted by atomic mass is 9.98. The first-order valence-electron chi connectivity index (χ1n) is 9.44. The molecule has 0 aliphatic carbocycles. The van der Waals surface area contributed by atoms with Crippen LogP contribution in [-0.4, -0.2) is 39.1 Å². The lowest BCUT2D eigenvalue weighted by Gasteiger charge is -2.31. The van der Waals surface area contributed by atoms with Gasteiger partial charge in [0.25, 0.3) is 0 Å². The molecule has 0 unspecified atom stereocenters. The van der Waals surface area contributed by atoms with Crippen molar-refractivity contribution in [2.24, 2.45) is 0 Å². The lowest BCUT2D eigenvalue weighted by Crippen LogP contribution is -2.38. The average molecular weight is 370 g/mol. The van der Waals surface area contributed by atoms with Crippen molar-refractivity contribution in [3.63, 3.8) is 0 Å². The van der Waals surface area contributed by atoms with Crippen molar-refractivity contribution in [2.45, 2.75) is 19.4 Å². The first kappa shape index (κ1) is 18.0. The monoisotopic (exact) mass is 370 g/mol. The van der Waals surface area contributed by atoms with Crippen molar-refractivity contribution in [3.05, 3.63) is 77.8 Å². The molecule has 0 bridgehead atoms. The molecule has 2 heterocycles. The molecule has 28 heavy (non-hydrogen) atoms. The Kier molecular flexibility index (Phi) is 4.96. The highest BCUT2D eigenvalue weighted by Crippen LogP contribution is 2.26. The van der Waals surface area contributed by atoms with E-state index >= 15 is 0 Å². The number of H-pyrrole nitrogens is 1. The number of aliphatic hydroxyl groups excluding tert-OH is 1. The second-order valence-corrected chi connectivity index (χ2v) is 6.99. The third-order valence-electron chi connectivity index (χ3n) is 5.32. The number of hydrogen-bond acceptors (Lipinski definition) is 4. The summed E-state index contributed by atoms with van der Waals surface area (Å²) in [5.74, 6) is 0.462. The summed E-state index contributed by atoms with van der Waals surface area (Å²) in [6.07, 6.45) is 3.12. The third kappa shape index (κ3) is 3.42. The number of aliphatic hydroxyl groups is 1. The van der Waals surface area contributed by atoms with Crippen LogP contribution in [0.3, 0.4) is 0 Å². The molecular weight excluding hydrogens is 348 g/mol. The van der Waals surface area contributed by atoms with Gasteiger partial charge in [0, 0.05) is 13.1 Å². The van der Waals surface area contributed by atoms with Gasteiger partial charge in [-0.05, 0) is 36.6 Å². The number of fused-ring (bicyclic) bond motifs is 1. The summed E-state index contributed by atoms with van der Waals surface area (Å²) in [4.78, 5) is 9.76. The first-order chi connectivity index (χ1) is 13.7. The number of nitrogens with zero attached hydrogens (tertiary/aromatic N) is 3. The number of aromatic amines is 1. The molecule has 4 rings (SSSR count). The number of benzene rings is 2. The highest BCUT2D eigenvalue weighted by Gasteiger charge is 2.24. The number of aromatic nitrogens is 2. The number of rotatable bonds is 4. The van der Waals surface area contributed by atoms with Gasteiger partial charge in [-0.25, -0.2) is 4.98 Å². The first-order valence-corrected chi connectivity index (χ1v) is 9.44. The van der Waals surface area contributed by atoms with Crippen molar-refractivity contribution >= 4 is 22.2 Å². The molecule has 0 spiro atoms. The van der Waals surface area contributed by atoms with E-state index in [0.29, 0.717) is 5.82 Å². The Balaban J connectivity index is 1.57. The number of nitrogens with one attached hydrogen (secondary N) is 1. The summed E-state index contributed by atoms with van der Waals surface area (Å²) in [7, 11) is 0. The summed E-state index contributed by atoms with van der Waals surface area (Å²) in [5.41, 5.74) is 4.39. The fourth-order valence-electron chi connectivity index (χ4n) is 3.64. The van der Waals surface area contributed by atoms with Gasteiger partial charge in [-0.15, -0.1) is 0 Å². The van der Waals surface area contributed by atoms with E-state index in [2.05, 4.69) is 39.1 Å². The zero-order valence-electron chi connectivity index (χ0n) is 15.8. The topological polar surface area (TPSA) is 75.9 Å². The van der Waals surface area contributed by atoms with Crippen molar-refractivity contribution < 1.29 is 5.11 Å². The van der Waals surface area contributed by atoms with Crippen molar-refractivity contribution in [1.82, 2.24) is 14.9 Å². The molecule has 5 nitrogen and oxygen atoms in total. The number of para-hydroxylation sites is 2. The quantitative estimate of drug-likeness (QED) is 0.522. The van der Waals surface area contributed by atoms with Gasteiger partial charge in [0.05, 0.1) is 17.1 Å². The van der Waals surface area contributed by atoms with E-state index in [9.17, 15) is 10.4 Å². The summed E-state index contributed by atoms with van der Waals surface area (Å²) in [6.45, 7) is 3.48. The molecule has 140 valence electrons. The van der Waals surface area contributed by atoms with Crippen LogP contribution in [0.1, 0.15) is 24.7 Å². The van der Waals surface area contributed by atoms with Crippen LogP contribution >= 0.6 is 0 Å². The smallest absolute Gasteiger partial charge is 0.152 e. The number of allylic oxidation sites excluding steroid dienone is 1. The zero-order chi connectivity index (χ0) is 19.5. The Labute approximate surface area is 164 Å². The Morgan fingerprint density at radius 2 is 1.93 bits per heavy atom. The Morgan fingerprint density at radius 1 is 1.18 bits per heavy atom. The molecule has 0 radical (unpaired) electrons. The van der Waals surface area contributed by atoms with E-state index in [-0.39, 0.29) is 17.4 Å². The summed E-state index contributed by atoms with van der Waals surface area (Å²) < 4.78 is 0. The van der Waals surface area contributed by atoms with E-state index in [1.807, 2.05) is 49.4 Å². The maximum Gasteiger partial charge on any atom is 0.152 e. The van der Waals surface area contributed by atoms with Gasteiger partial charge >= 0.3 is 0 Å². The van der Waals surface area contributed by atoms with Crippen LogP contribution in [0, 0.1) is 11.3 Å². The average Bonchev–Trinajstić information content (AvgIpc) is 3.18. The molecule has 1 aromatic heterocycles. The molecule has 0 saturated carbocycles. The van der Waals surface area contributed by atoms with Crippen LogP contribution in [0.2, 0.25) is 0 Å². The summed E-state index contributed by atoms with van der Waals surface area (Å²) in [5, 5.41) is 20.5. The summed E-state index contributed by atoms with van der Waals surface area (Å²) in [6, 6.07) is 19.8. The number of hydrogen-bond donors (Lipinski definition) is 2. The fourth-order valence-corrected chi connectivity index (χ4v) is 3.64. The molecular formula is C23H22N4O. The normalized spacial score (nSPS) is 16.9. The van der Waals surface area contributed by atoms with Gasteiger partial charge < -0.3 is 10.1 Å². The largest absolute Gasteiger partial charge is 0.509 e. The predicted octanol–water partition coefficient (Wildman–Crippen LogP) is 4.53. The minimum Gasteiger partial charge on any atom is -0.509 e. The lowest BCUT2D eigenvalue weighted by molar-refractivity contribution is 0.204. The minimum absolute atomic E-state index is 0.0538. The van der Waals surface area contributed by atoms with E-state index in [4.69, 9.17) is 0 Å². The third-order valence-corrected chi connectivity index (χ3v) is 5.32. The second-order valence-electron chi connectivity index (χ2n) is 6.99. The fraction of sp³-hybridized carbons (Fsp3) is 0.217. The van der Waals surface area contributed by atoms with Crippen LogP contribution in [0.5, 0.6) is 0 Å². The zero-order valence-corrected chi connectivity index (χ0v) is 15.8. The molecule has 0 saturated heterocycles. The van der Waals surface area contributed by atoms with Crippen LogP contribution in [0.15, 0.2) is 66.4 Å². The maximum atomic E-state index is 10.8. The molecule has 0 fully saturated rings. The minimum atomic E-state index is -0.267. The SMILES string of the molecule is C[C@H](/C(O)=C(\C#N)c1nc2ccccc2[nH]1)N1CC=C(c2ccccc2)CC1. The van der Waals surface area contributed by atoms with Crippen LogP contribution in [0.4, 0.5) is 0 Å². The van der Waals surface area contributed by atoms with Crippen molar-refractivity contribution in [2.75, 3.05) is 13.1 Å². The molecule has 2 aromatic carbocycles. The van der Waals surface area contributed by atoms with Crippen molar-refractivity contribution in [3.8, 4) is 6.07 Å². The standard InChI is InChI=1S/C23H22N4O/c1-16(27-13-11-18(12-14-27)17-7-3-2-4-8-17)22(28)19(15-24)23-25-20-9-5-6-10-21(20)26-23/h2-11,16,28H,12-14H2,1H3,(H,25,26)/b22-19-/t16-/m1/s1. The molecule has 1 atom stereocenters. The number of nitriles is 1. The molecule has 5 heteroatoms. The molecule has 2 N–H and O–H groups in total. The van der Waals surface area contributed by atoms with E-state index in [1.165, 1.54) is 11.1 Å². The van der Waals surface area contributed by atoms with E-state index in [1.54, 1.807) is 0 Å². The van der Waals surface area contributed by atoms with Gasteiger partial charge in [-0.1, -0.05) is 48.5 Å². The second kappa shape index (κ2) is 7.71. The van der Waals surface area contributed by atoms with Crippen LogP contribution < -0.4 is 0 Å². The maximum absolute atomic E-state index is 10.8. The van der Waals surface area contributed by atoms with Crippen LogP contribution in [0.25, 0.3) is 22.2 Å². The van der Waals surface area contributed by atoms with Gasteiger partial charge in [0.2, 0.25) is 0 Å². The van der Waals surface area contributed by atoms with Gasteiger partial charge in [-0.3, -0.25) is 4.90 Å². The van der Waals surface area contributed by atoms with Crippen LogP contribution in [-0.2, 0) is 0 Å². The number of imidazole rings is 1. The summed E-state index contributed by atoms with van der Waals surface area (Å²) >= 11 is 0.